The second-order valence-electron chi connectivity index (χ2n) is 11.3. The van der Waals surface area contributed by atoms with E-state index < -0.39 is 18.1 Å². The van der Waals surface area contributed by atoms with Gasteiger partial charge in [-0.15, -0.1) is 0 Å². The number of rotatable bonds is 9. The number of fused-ring (bicyclic) bond motifs is 1. The molecule has 0 radical (unpaired) electrons. The van der Waals surface area contributed by atoms with E-state index in [1.54, 1.807) is 0 Å². The Morgan fingerprint density at radius 3 is 2.37 bits per heavy atom. The van der Waals surface area contributed by atoms with Gasteiger partial charge in [0, 0.05) is 17.5 Å². The normalized spacial score (nSPS) is 20.3. The van der Waals surface area contributed by atoms with E-state index in [1.165, 1.54) is 0 Å². The monoisotopic (exact) mass is 568 g/mol. The summed E-state index contributed by atoms with van der Waals surface area (Å²) < 4.78 is 56.7. The van der Waals surface area contributed by atoms with Gasteiger partial charge in [-0.25, -0.2) is 0 Å². The van der Waals surface area contributed by atoms with Gasteiger partial charge in [-0.1, -0.05) is 24.3 Å². The van der Waals surface area contributed by atoms with Gasteiger partial charge in [0.1, 0.15) is 23.9 Å². The van der Waals surface area contributed by atoms with Crippen molar-refractivity contribution in [3.05, 3.63) is 76.9 Å². The van der Waals surface area contributed by atoms with Crippen LogP contribution in [0.4, 0.5) is 13.2 Å². The van der Waals surface area contributed by atoms with Crippen LogP contribution in [-0.4, -0.2) is 30.5 Å². The molecule has 0 aromatic heterocycles. The van der Waals surface area contributed by atoms with Crippen LogP contribution in [0.15, 0.2) is 54.6 Å². The zero-order chi connectivity index (χ0) is 29.1. The molecule has 8 heteroatoms. The average Bonchev–Trinajstić information content (AvgIpc) is 3.31. The van der Waals surface area contributed by atoms with Gasteiger partial charge >= 0.3 is 12.1 Å². The standard InChI is InChI=1S/C33H35F3O5/c1-20-12-28(40-17-22-6-8-26(9-7-22)33(34,35)36)13-21(2)32(20)24-5-3-4-23(14-24)18-39-27-10-11-29-25(15-31(37)38)19-41-30(29)16-27/h3-5,10-14,16,22,25-26H,6-9,15,17-19H2,1-2H3,(H,37,38). The van der Waals surface area contributed by atoms with Crippen molar-refractivity contribution in [3.63, 3.8) is 0 Å². The number of ether oxygens (including phenoxy) is 3. The highest BCUT2D eigenvalue weighted by Crippen LogP contribution is 2.40. The van der Waals surface area contributed by atoms with Gasteiger partial charge in [0.15, 0.2) is 0 Å². The van der Waals surface area contributed by atoms with Crippen LogP contribution in [-0.2, 0) is 11.4 Å². The summed E-state index contributed by atoms with van der Waals surface area (Å²) in [6.45, 7) is 5.23. The van der Waals surface area contributed by atoms with E-state index in [4.69, 9.17) is 19.3 Å². The Hall–Kier alpha value is -3.68. The number of halogens is 3. The molecule has 0 spiro atoms. The zero-order valence-corrected chi connectivity index (χ0v) is 23.3. The number of carbonyl (C=O) groups is 1. The number of hydrogen-bond acceptors (Lipinski definition) is 4. The van der Waals surface area contributed by atoms with E-state index in [0.29, 0.717) is 44.2 Å². The highest BCUT2D eigenvalue weighted by molar-refractivity contribution is 5.72. The molecular formula is C33H35F3O5. The van der Waals surface area contributed by atoms with Crippen LogP contribution in [0.3, 0.4) is 0 Å². The summed E-state index contributed by atoms with van der Waals surface area (Å²) in [6.07, 6.45) is -2.61. The smallest absolute Gasteiger partial charge is 0.391 e. The molecule has 1 fully saturated rings. The largest absolute Gasteiger partial charge is 0.493 e. The van der Waals surface area contributed by atoms with Crippen LogP contribution in [0.1, 0.15) is 60.3 Å². The lowest BCUT2D eigenvalue weighted by atomic mass is 9.82. The molecule has 5 rings (SSSR count). The Morgan fingerprint density at radius 2 is 1.68 bits per heavy atom. The fourth-order valence-corrected chi connectivity index (χ4v) is 6.04. The SMILES string of the molecule is Cc1cc(OCC2CCC(C(F)(F)F)CC2)cc(C)c1-c1cccc(COc2ccc3c(c2)OCC3CC(=O)O)c1. The van der Waals surface area contributed by atoms with Crippen LogP contribution < -0.4 is 14.2 Å². The predicted octanol–water partition coefficient (Wildman–Crippen LogP) is 8.25. The first-order chi connectivity index (χ1) is 19.6. The minimum Gasteiger partial charge on any atom is -0.493 e. The van der Waals surface area contributed by atoms with Gasteiger partial charge < -0.3 is 19.3 Å². The molecule has 0 bridgehead atoms. The number of carboxylic acid groups (broad SMARTS) is 1. The number of aryl methyl sites for hydroxylation is 2. The highest BCUT2D eigenvalue weighted by Gasteiger charge is 2.41. The number of aliphatic carboxylic acids is 1. The summed E-state index contributed by atoms with van der Waals surface area (Å²) in [4.78, 5) is 11.1. The van der Waals surface area contributed by atoms with E-state index in [2.05, 4.69) is 12.1 Å². The topological polar surface area (TPSA) is 65.0 Å². The summed E-state index contributed by atoms with van der Waals surface area (Å²) in [6, 6.07) is 17.7. The zero-order valence-electron chi connectivity index (χ0n) is 23.3. The van der Waals surface area contributed by atoms with Crippen molar-refractivity contribution in [2.75, 3.05) is 13.2 Å². The molecular weight excluding hydrogens is 533 g/mol. The lowest BCUT2D eigenvalue weighted by Crippen LogP contribution is -2.29. The van der Waals surface area contributed by atoms with Gasteiger partial charge in [0.05, 0.1) is 25.6 Å². The maximum atomic E-state index is 13.0. The Morgan fingerprint density at radius 1 is 0.951 bits per heavy atom. The van der Waals surface area contributed by atoms with Crippen molar-refractivity contribution < 1.29 is 37.3 Å². The van der Waals surface area contributed by atoms with E-state index in [0.717, 1.165) is 39.1 Å². The number of hydrogen-bond donors (Lipinski definition) is 1. The first-order valence-corrected chi connectivity index (χ1v) is 14.1. The fourth-order valence-electron chi connectivity index (χ4n) is 6.04. The van der Waals surface area contributed by atoms with E-state index >= 15 is 0 Å². The lowest BCUT2D eigenvalue weighted by Gasteiger charge is -2.29. The quantitative estimate of drug-likeness (QED) is 0.282. The molecule has 41 heavy (non-hydrogen) atoms. The van der Waals surface area contributed by atoms with Gasteiger partial charge in [0.25, 0.3) is 0 Å². The summed E-state index contributed by atoms with van der Waals surface area (Å²) in [7, 11) is 0. The third kappa shape index (κ3) is 6.97. The maximum absolute atomic E-state index is 13.0. The molecule has 1 atom stereocenters. The van der Waals surface area contributed by atoms with Gasteiger partial charge in [-0.2, -0.15) is 13.2 Å². The molecule has 1 saturated carbocycles. The van der Waals surface area contributed by atoms with E-state index in [1.807, 2.05) is 56.3 Å². The Kier molecular flexibility index (Phi) is 8.47. The number of benzene rings is 3. The molecule has 0 saturated heterocycles. The van der Waals surface area contributed by atoms with Crippen LogP contribution in [0.5, 0.6) is 17.2 Å². The molecule has 1 aliphatic carbocycles. The van der Waals surface area contributed by atoms with Gasteiger partial charge in [0.2, 0.25) is 0 Å². The predicted molar refractivity (Wildman–Crippen MR) is 150 cm³/mol. The van der Waals surface area contributed by atoms with Crippen molar-refractivity contribution in [1.29, 1.82) is 0 Å². The number of carboxylic acids is 1. The summed E-state index contributed by atoms with van der Waals surface area (Å²) >= 11 is 0. The molecule has 1 N–H and O–H groups in total. The van der Waals surface area contributed by atoms with E-state index in [-0.39, 0.29) is 31.1 Å². The Labute approximate surface area is 238 Å². The third-order valence-corrected chi connectivity index (χ3v) is 8.21. The van der Waals surface area contributed by atoms with Crippen molar-refractivity contribution in [1.82, 2.24) is 0 Å². The number of alkyl halides is 3. The second kappa shape index (κ2) is 12.0. The first-order valence-electron chi connectivity index (χ1n) is 14.1. The third-order valence-electron chi connectivity index (χ3n) is 8.21. The van der Waals surface area contributed by atoms with Crippen molar-refractivity contribution in [2.45, 2.75) is 64.7 Å². The maximum Gasteiger partial charge on any atom is 0.391 e. The van der Waals surface area contributed by atoms with Crippen molar-refractivity contribution >= 4 is 5.97 Å². The fraction of sp³-hybridized carbons (Fsp3) is 0.424. The Balaban J connectivity index is 1.20. The molecule has 0 amide bonds. The van der Waals surface area contributed by atoms with Gasteiger partial charge in [-0.3, -0.25) is 4.79 Å². The molecule has 5 nitrogen and oxygen atoms in total. The van der Waals surface area contributed by atoms with Crippen LogP contribution in [0.25, 0.3) is 11.1 Å². The van der Waals surface area contributed by atoms with Gasteiger partial charge in [-0.05, 0) is 97.5 Å². The van der Waals surface area contributed by atoms with E-state index in [9.17, 15) is 18.0 Å². The molecule has 1 heterocycles. The van der Waals surface area contributed by atoms with Crippen molar-refractivity contribution in [3.8, 4) is 28.4 Å². The van der Waals surface area contributed by atoms with Crippen LogP contribution in [0, 0.1) is 25.7 Å². The molecule has 2 aliphatic rings. The molecule has 3 aromatic rings. The minimum absolute atomic E-state index is 0.0399. The highest BCUT2D eigenvalue weighted by atomic mass is 19.4. The van der Waals surface area contributed by atoms with Crippen molar-refractivity contribution in [2.24, 2.45) is 11.8 Å². The second-order valence-corrected chi connectivity index (χ2v) is 11.3. The Bertz CT molecular complexity index is 1370. The lowest BCUT2D eigenvalue weighted by molar-refractivity contribution is -0.184. The first kappa shape index (κ1) is 28.8. The minimum atomic E-state index is -4.09. The molecule has 3 aromatic carbocycles. The molecule has 1 unspecified atom stereocenters. The summed E-state index contributed by atoms with van der Waals surface area (Å²) in [5.41, 5.74) is 6.19. The summed E-state index contributed by atoms with van der Waals surface area (Å²) in [5.74, 6) is 0.0546. The van der Waals surface area contributed by atoms with Crippen LogP contribution in [0.2, 0.25) is 0 Å². The molecule has 1 aliphatic heterocycles. The molecule has 218 valence electrons. The van der Waals surface area contributed by atoms with Crippen LogP contribution >= 0.6 is 0 Å². The average molecular weight is 569 g/mol. The summed E-state index contributed by atoms with van der Waals surface area (Å²) in [5, 5.41) is 9.10.